The predicted molar refractivity (Wildman–Crippen MR) is 135 cm³/mol. The first kappa shape index (κ1) is 24.8. The van der Waals surface area contributed by atoms with Crippen LogP contribution in [0, 0.1) is 0 Å². The van der Waals surface area contributed by atoms with Crippen LogP contribution in [-0.4, -0.2) is 62.9 Å². The number of amides is 4. The number of hydrogen-bond acceptors (Lipinski definition) is 9. The van der Waals surface area contributed by atoms with Gasteiger partial charge in [-0.15, -0.1) is 11.3 Å². The number of carbonyl (C=O) groups excluding carboxylic acids is 5. The van der Waals surface area contributed by atoms with Gasteiger partial charge in [0.05, 0.1) is 23.5 Å². The molecule has 4 rings (SSSR count). The minimum absolute atomic E-state index is 0.192. The third-order valence-electron chi connectivity index (χ3n) is 5.15. The number of likely N-dealkylation sites (tertiary alicyclic amines) is 1. The molecule has 1 atom stereocenters. The first-order valence-corrected chi connectivity index (χ1v) is 12.6. The number of benzene rings is 1. The Morgan fingerprint density at radius 1 is 1.20 bits per heavy atom. The molecule has 1 unspecified atom stereocenters. The first-order valence-electron chi connectivity index (χ1n) is 10.5. The van der Waals surface area contributed by atoms with Gasteiger partial charge in [0.2, 0.25) is 11.8 Å². The van der Waals surface area contributed by atoms with Crippen LogP contribution in [0.4, 0.5) is 5.69 Å². The minimum atomic E-state index is -1.08. The van der Waals surface area contributed by atoms with Gasteiger partial charge in [-0.25, -0.2) is 4.79 Å². The number of thiophene rings is 1. The molecule has 0 spiro atoms. The van der Waals surface area contributed by atoms with Crippen LogP contribution in [0.1, 0.15) is 28.6 Å². The van der Waals surface area contributed by atoms with Gasteiger partial charge in [0.1, 0.15) is 16.9 Å². The Bertz CT molecular complexity index is 1240. The van der Waals surface area contributed by atoms with Crippen molar-refractivity contribution in [2.45, 2.75) is 19.4 Å². The molecule has 0 aliphatic carbocycles. The summed E-state index contributed by atoms with van der Waals surface area (Å²) in [6, 6.07) is 8.64. The molecule has 9 nitrogen and oxygen atoms in total. The predicted octanol–water partition coefficient (Wildman–Crippen LogP) is 2.89. The van der Waals surface area contributed by atoms with Crippen LogP contribution in [0.15, 0.2) is 46.7 Å². The lowest BCUT2D eigenvalue weighted by molar-refractivity contribution is -0.143. The minimum Gasteiger partial charge on any atom is -0.462 e. The highest BCUT2D eigenvalue weighted by Crippen LogP contribution is 2.36. The van der Waals surface area contributed by atoms with Gasteiger partial charge >= 0.3 is 5.97 Å². The maximum atomic E-state index is 13.0. The summed E-state index contributed by atoms with van der Waals surface area (Å²) in [4.78, 5) is 65.9. The number of ether oxygens (including phenoxy) is 1. The third-order valence-corrected chi connectivity index (χ3v) is 7.30. The average molecular weight is 530 g/mol. The topological polar surface area (TPSA) is 113 Å². The Morgan fingerprint density at radius 2 is 1.94 bits per heavy atom. The number of thiocarbonyl (C=S) groups is 1. The highest BCUT2D eigenvalue weighted by molar-refractivity contribution is 8.26. The highest BCUT2D eigenvalue weighted by Gasteiger charge is 2.48. The number of esters is 1. The van der Waals surface area contributed by atoms with Crippen molar-refractivity contribution in [2.24, 2.45) is 0 Å². The van der Waals surface area contributed by atoms with E-state index in [0.29, 0.717) is 16.2 Å². The van der Waals surface area contributed by atoms with Crippen LogP contribution in [0.25, 0.3) is 6.08 Å². The van der Waals surface area contributed by atoms with E-state index in [1.807, 2.05) is 17.5 Å². The van der Waals surface area contributed by atoms with Crippen molar-refractivity contribution in [2.75, 3.05) is 18.5 Å². The lowest BCUT2D eigenvalue weighted by atomic mass is 10.2. The maximum Gasteiger partial charge on any atom is 0.338 e. The van der Waals surface area contributed by atoms with Crippen LogP contribution < -0.4 is 5.32 Å². The summed E-state index contributed by atoms with van der Waals surface area (Å²) >= 11 is 7.85. The molecule has 1 N–H and O–H groups in total. The summed E-state index contributed by atoms with van der Waals surface area (Å²) < 4.78 is 5.10. The van der Waals surface area contributed by atoms with Crippen LogP contribution in [0.5, 0.6) is 0 Å². The second-order valence-electron chi connectivity index (χ2n) is 7.45. The van der Waals surface area contributed by atoms with E-state index in [9.17, 15) is 24.0 Å². The van der Waals surface area contributed by atoms with Crippen LogP contribution >= 0.6 is 35.3 Å². The molecule has 2 aliphatic heterocycles. The van der Waals surface area contributed by atoms with Gasteiger partial charge in [-0.05, 0) is 48.7 Å². The zero-order valence-corrected chi connectivity index (χ0v) is 20.8. The molecule has 35 heavy (non-hydrogen) atoms. The summed E-state index contributed by atoms with van der Waals surface area (Å²) in [5.74, 6) is -2.74. The molecule has 2 aromatic rings. The van der Waals surface area contributed by atoms with Crippen LogP contribution in [0.3, 0.4) is 0 Å². The van der Waals surface area contributed by atoms with Crippen LogP contribution in [-0.2, 0) is 23.9 Å². The summed E-state index contributed by atoms with van der Waals surface area (Å²) in [5, 5.41) is 4.46. The smallest absolute Gasteiger partial charge is 0.338 e. The average Bonchev–Trinajstić information content (AvgIpc) is 3.50. The van der Waals surface area contributed by atoms with E-state index in [1.165, 1.54) is 35.6 Å². The molecule has 4 amide bonds. The molecular formula is C23H19N3O6S3. The molecule has 180 valence electrons. The van der Waals surface area contributed by atoms with Gasteiger partial charge in [-0.2, -0.15) is 0 Å². The maximum absolute atomic E-state index is 13.0. The largest absolute Gasteiger partial charge is 0.462 e. The Balaban J connectivity index is 1.40. The summed E-state index contributed by atoms with van der Waals surface area (Å²) in [6.07, 6.45) is 1.45. The Hall–Kier alpha value is -3.35. The standard InChI is InChI=1S/C23H19N3O6S3/c1-2-32-22(31)13-5-7-14(8-6-13)24-18(27)12-25-19(28)11-16(20(25)29)26-21(30)17(35-23(26)33)10-15-4-3-9-34-15/h3-10,16H,2,11-12H2,1H3,(H,24,27). The lowest BCUT2D eigenvalue weighted by Gasteiger charge is -2.21. The second-order valence-corrected chi connectivity index (χ2v) is 10.1. The number of rotatable bonds is 7. The van der Waals surface area contributed by atoms with E-state index < -0.39 is 42.2 Å². The van der Waals surface area contributed by atoms with Crippen molar-refractivity contribution in [1.29, 1.82) is 0 Å². The number of anilines is 1. The summed E-state index contributed by atoms with van der Waals surface area (Å²) in [7, 11) is 0. The van der Waals surface area contributed by atoms with Gasteiger partial charge in [0, 0.05) is 10.6 Å². The zero-order chi connectivity index (χ0) is 25.1. The fraction of sp³-hybridized carbons (Fsp3) is 0.217. The van der Waals surface area contributed by atoms with Gasteiger partial charge in [0.25, 0.3) is 11.8 Å². The number of imide groups is 1. The Kier molecular flexibility index (Phi) is 7.43. The summed E-state index contributed by atoms with van der Waals surface area (Å²) in [5.41, 5.74) is 0.712. The number of carbonyl (C=O) groups is 5. The van der Waals surface area contributed by atoms with Gasteiger partial charge in [-0.3, -0.25) is 29.0 Å². The van der Waals surface area contributed by atoms with E-state index >= 15 is 0 Å². The molecule has 1 aromatic carbocycles. The normalized spacial score (nSPS) is 19.1. The second kappa shape index (κ2) is 10.5. The van der Waals surface area contributed by atoms with E-state index in [1.54, 1.807) is 13.0 Å². The van der Waals surface area contributed by atoms with Crippen molar-refractivity contribution in [3.8, 4) is 0 Å². The third kappa shape index (κ3) is 5.34. The van der Waals surface area contributed by atoms with E-state index in [4.69, 9.17) is 17.0 Å². The summed E-state index contributed by atoms with van der Waals surface area (Å²) in [6.45, 7) is 1.44. The monoisotopic (exact) mass is 529 g/mol. The first-order chi connectivity index (χ1) is 16.8. The quantitative estimate of drug-likeness (QED) is 0.252. The number of hydrogen-bond donors (Lipinski definition) is 1. The van der Waals surface area contributed by atoms with Crippen molar-refractivity contribution < 1.29 is 28.7 Å². The van der Waals surface area contributed by atoms with Crippen molar-refractivity contribution in [3.63, 3.8) is 0 Å². The van der Waals surface area contributed by atoms with Gasteiger partial charge < -0.3 is 10.1 Å². The van der Waals surface area contributed by atoms with Gasteiger partial charge in [0.15, 0.2) is 0 Å². The number of nitrogens with one attached hydrogen (secondary N) is 1. The van der Waals surface area contributed by atoms with Crippen molar-refractivity contribution >= 4 is 81.0 Å². The molecule has 3 heterocycles. The molecule has 0 radical (unpaired) electrons. The fourth-order valence-electron chi connectivity index (χ4n) is 3.53. The van der Waals surface area contributed by atoms with Crippen molar-refractivity contribution in [1.82, 2.24) is 9.80 Å². The fourth-order valence-corrected chi connectivity index (χ4v) is 5.61. The Labute approximate surface area is 214 Å². The van der Waals surface area contributed by atoms with E-state index in [2.05, 4.69) is 5.32 Å². The molecule has 2 saturated heterocycles. The molecule has 12 heteroatoms. The molecule has 1 aromatic heterocycles. The molecule has 0 saturated carbocycles. The van der Waals surface area contributed by atoms with E-state index in [0.717, 1.165) is 26.4 Å². The van der Waals surface area contributed by atoms with Crippen molar-refractivity contribution in [3.05, 3.63) is 57.1 Å². The molecule has 2 fully saturated rings. The van der Waals surface area contributed by atoms with Crippen LogP contribution in [0.2, 0.25) is 0 Å². The molecule has 2 aliphatic rings. The number of nitrogens with zero attached hydrogens (tertiary/aromatic N) is 2. The SMILES string of the molecule is CCOC(=O)c1ccc(NC(=O)CN2C(=O)CC(N3C(=O)C(=Cc4cccs4)SC3=S)C2=O)cc1. The van der Waals surface area contributed by atoms with Gasteiger partial charge in [-0.1, -0.05) is 30.0 Å². The molecule has 0 bridgehead atoms. The van der Waals surface area contributed by atoms with E-state index in [-0.39, 0.29) is 17.3 Å². The zero-order valence-electron chi connectivity index (χ0n) is 18.4. The molecular weight excluding hydrogens is 510 g/mol. The highest BCUT2D eigenvalue weighted by atomic mass is 32.2. The number of thioether (sulfide) groups is 1. The Morgan fingerprint density at radius 3 is 2.60 bits per heavy atom. The lowest BCUT2D eigenvalue weighted by Crippen LogP contribution is -2.45.